The Kier molecular flexibility index (Phi) is 3.31. The summed E-state index contributed by atoms with van der Waals surface area (Å²) >= 11 is 3.26. The van der Waals surface area contributed by atoms with Crippen molar-refractivity contribution in [1.82, 2.24) is 4.98 Å². The molecule has 2 aromatic rings. The molecule has 0 spiro atoms. The summed E-state index contributed by atoms with van der Waals surface area (Å²) < 4.78 is 0.751. The zero-order valence-electron chi connectivity index (χ0n) is 8.34. The fraction of sp³-hybridized carbons (Fsp3) is 0. The molecule has 0 saturated heterocycles. The second-order valence-electron chi connectivity index (χ2n) is 3.18. The molecular formula is C12H9BrN2O. The standard InChI is InChI=1S/C12H9BrN2O/c13-11-7-6-10(8-14-11)12(15-16)9-4-2-1-3-5-9/h1-8,16H/b15-12+. The van der Waals surface area contributed by atoms with Crippen molar-refractivity contribution in [2.45, 2.75) is 0 Å². The van der Waals surface area contributed by atoms with Crippen molar-refractivity contribution in [2.24, 2.45) is 5.16 Å². The normalized spacial score (nSPS) is 11.4. The minimum Gasteiger partial charge on any atom is -0.410 e. The number of nitrogens with zero attached hydrogens (tertiary/aromatic N) is 2. The highest BCUT2D eigenvalue weighted by Gasteiger charge is 2.07. The summed E-state index contributed by atoms with van der Waals surface area (Å²) in [4.78, 5) is 4.10. The van der Waals surface area contributed by atoms with E-state index in [4.69, 9.17) is 5.21 Å². The zero-order chi connectivity index (χ0) is 11.4. The molecule has 0 aliphatic rings. The van der Waals surface area contributed by atoms with Crippen LogP contribution in [0.2, 0.25) is 0 Å². The van der Waals surface area contributed by atoms with E-state index in [2.05, 4.69) is 26.1 Å². The monoisotopic (exact) mass is 276 g/mol. The predicted molar refractivity (Wildman–Crippen MR) is 65.8 cm³/mol. The van der Waals surface area contributed by atoms with Crippen LogP contribution in [0, 0.1) is 0 Å². The molecule has 1 aromatic carbocycles. The van der Waals surface area contributed by atoms with Gasteiger partial charge in [-0.1, -0.05) is 35.5 Å². The van der Waals surface area contributed by atoms with Gasteiger partial charge in [-0.2, -0.15) is 0 Å². The summed E-state index contributed by atoms with van der Waals surface area (Å²) in [6, 6.07) is 13.1. The summed E-state index contributed by atoms with van der Waals surface area (Å²) in [6.07, 6.45) is 1.66. The first-order chi connectivity index (χ1) is 7.81. The summed E-state index contributed by atoms with van der Waals surface area (Å²) in [5.74, 6) is 0. The zero-order valence-corrected chi connectivity index (χ0v) is 9.92. The van der Waals surface area contributed by atoms with Crippen LogP contribution >= 0.6 is 15.9 Å². The largest absolute Gasteiger partial charge is 0.410 e. The molecule has 0 atom stereocenters. The van der Waals surface area contributed by atoms with Crippen molar-refractivity contribution < 1.29 is 5.21 Å². The molecule has 0 radical (unpaired) electrons. The maximum Gasteiger partial charge on any atom is 0.118 e. The van der Waals surface area contributed by atoms with Gasteiger partial charge in [-0.05, 0) is 28.1 Å². The van der Waals surface area contributed by atoms with Crippen LogP contribution in [0.5, 0.6) is 0 Å². The SMILES string of the molecule is O/N=C(\c1ccccc1)c1ccc(Br)nc1. The van der Waals surface area contributed by atoms with Crippen molar-refractivity contribution in [3.05, 3.63) is 64.4 Å². The average molecular weight is 277 g/mol. The van der Waals surface area contributed by atoms with Gasteiger partial charge in [0.05, 0.1) is 0 Å². The highest BCUT2D eigenvalue weighted by Crippen LogP contribution is 2.12. The van der Waals surface area contributed by atoms with Crippen LogP contribution in [0.1, 0.15) is 11.1 Å². The molecule has 0 bridgehead atoms. The molecule has 0 fully saturated rings. The number of hydrogen-bond acceptors (Lipinski definition) is 3. The number of oxime groups is 1. The Hall–Kier alpha value is -1.68. The molecule has 0 unspecified atom stereocenters. The number of halogens is 1. The van der Waals surface area contributed by atoms with E-state index in [-0.39, 0.29) is 0 Å². The van der Waals surface area contributed by atoms with Crippen LogP contribution in [0.3, 0.4) is 0 Å². The lowest BCUT2D eigenvalue weighted by atomic mass is 10.0. The predicted octanol–water partition coefficient (Wildman–Crippen LogP) is 3.07. The fourth-order valence-electron chi connectivity index (χ4n) is 1.39. The molecule has 2 rings (SSSR count). The van der Waals surface area contributed by atoms with Crippen molar-refractivity contribution in [3.8, 4) is 0 Å². The van der Waals surface area contributed by atoms with Crippen molar-refractivity contribution >= 4 is 21.6 Å². The number of rotatable bonds is 2. The summed E-state index contributed by atoms with van der Waals surface area (Å²) in [5, 5.41) is 12.4. The number of pyridine rings is 1. The lowest BCUT2D eigenvalue weighted by Gasteiger charge is -2.03. The molecule has 1 aromatic heterocycles. The molecule has 0 amide bonds. The Morgan fingerprint density at radius 1 is 1.06 bits per heavy atom. The third-order valence-electron chi connectivity index (χ3n) is 2.15. The van der Waals surface area contributed by atoms with E-state index in [9.17, 15) is 0 Å². The molecule has 0 aliphatic carbocycles. The molecule has 4 heteroatoms. The lowest BCUT2D eigenvalue weighted by molar-refractivity contribution is 0.319. The maximum atomic E-state index is 9.05. The molecule has 0 saturated carbocycles. The Morgan fingerprint density at radius 2 is 1.81 bits per heavy atom. The lowest BCUT2D eigenvalue weighted by Crippen LogP contribution is -2.03. The van der Waals surface area contributed by atoms with Gasteiger partial charge in [-0.3, -0.25) is 0 Å². The topological polar surface area (TPSA) is 45.5 Å². The van der Waals surface area contributed by atoms with E-state index >= 15 is 0 Å². The highest BCUT2D eigenvalue weighted by atomic mass is 79.9. The van der Waals surface area contributed by atoms with E-state index in [0.29, 0.717) is 5.71 Å². The van der Waals surface area contributed by atoms with Gasteiger partial charge in [0.25, 0.3) is 0 Å². The first kappa shape index (κ1) is 10.8. The first-order valence-corrected chi connectivity index (χ1v) is 5.50. The van der Waals surface area contributed by atoms with Gasteiger partial charge < -0.3 is 5.21 Å². The van der Waals surface area contributed by atoms with Gasteiger partial charge in [0.15, 0.2) is 0 Å². The Labute approximate surface area is 102 Å². The molecule has 16 heavy (non-hydrogen) atoms. The molecule has 3 nitrogen and oxygen atoms in total. The van der Waals surface area contributed by atoms with Gasteiger partial charge in [0.1, 0.15) is 10.3 Å². The summed E-state index contributed by atoms with van der Waals surface area (Å²) in [6.45, 7) is 0. The molecule has 1 heterocycles. The van der Waals surface area contributed by atoms with Gasteiger partial charge in [0.2, 0.25) is 0 Å². The minimum absolute atomic E-state index is 0.514. The smallest absolute Gasteiger partial charge is 0.118 e. The van der Waals surface area contributed by atoms with Crippen molar-refractivity contribution in [3.63, 3.8) is 0 Å². The van der Waals surface area contributed by atoms with Crippen LogP contribution in [-0.2, 0) is 0 Å². The molecule has 0 aliphatic heterocycles. The van der Waals surface area contributed by atoms with E-state index in [0.717, 1.165) is 15.7 Å². The highest BCUT2D eigenvalue weighted by molar-refractivity contribution is 9.10. The van der Waals surface area contributed by atoms with Gasteiger partial charge in [0, 0.05) is 17.3 Å². The van der Waals surface area contributed by atoms with Crippen molar-refractivity contribution in [2.75, 3.05) is 0 Å². The molecular weight excluding hydrogens is 268 g/mol. The van der Waals surface area contributed by atoms with Gasteiger partial charge in [-0.15, -0.1) is 0 Å². The fourth-order valence-corrected chi connectivity index (χ4v) is 1.63. The van der Waals surface area contributed by atoms with Crippen LogP contribution in [0.15, 0.2) is 58.4 Å². The van der Waals surface area contributed by atoms with Crippen LogP contribution in [-0.4, -0.2) is 15.9 Å². The first-order valence-electron chi connectivity index (χ1n) is 4.70. The Balaban J connectivity index is 2.42. The van der Waals surface area contributed by atoms with E-state index in [1.54, 1.807) is 6.20 Å². The van der Waals surface area contributed by atoms with Crippen LogP contribution in [0.25, 0.3) is 0 Å². The Bertz CT molecular complexity index is 494. The minimum atomic E-state index is 0.514. The molecule has 80 valence electrons. The Morgan fingerprint density at radius 3 is 2.38 bits per heavy atom. The summed E-state index contributed by atoms with van der Waals surface area (Å²) in [7, 11) is 0. The third-order valence-corrected chi connectivity index (χ3v) is 2.62. The average Bonchev–Trinajstić information content (AvgIpc) is 2.34. The van der Waals surface area contributed by atoms with Gasteiger partial charge in [-0.25, -0.2) is 4.98 Å². The van der Waals surface area contributed by atoms with E-state index in [1.165, 1.54) is 0 Å². The van der Waals surface area contributed by atoms with Crippen molar-refractivity contribution in [1.29, 1.82) is 0 Å². The third kappa shape index (κ3) is 2.28. The maximum absolute atomic E-state index is 9.05. The van der Waals surface area contributed by atoms with Gasteiger partial charge >= 0.3 is 0 Å². The second-order valence-corrected chi connectivity index (χ2v) is 4.00. The number of benzene rings is 1. The number of hydrogen-bond donors (Lipinski definition) is 1. The number of aromatic nitrogens is 1. The van der Waals surface area contributed by atoms with Crippen LogP contribution < -0.4 is 0 Å². The van der Waals surface area contributed by atoms with Crippen LogP contribution in [0.4, 0.5) is 0 Å². The second kappa shape index (κ2) is 4.90. The summed E-state index contributed by atoms with van der Waals surface area (Å²) in [5.41, 5.74) is 2.15. The molecule has 1 N–H and O–H groups in total. The van der Waals surface area contributed by atoms with E-state index < -0.39 is 0 Å². The van der Waals surface area contributed by atoms with E-state index in [1.807, 2.05) is 42.5 Å². The quantitative estimate of drug-likeness (QED) is 0.397.